The summed E-state index contributed by atoms with van der Waals surface area (Å²) in [4.78, 5) is 16.0. The molecule has 0 radical (unpaired) electrons. The number of aromatic nitrogens is 5. The van der Waals surface area contributed by atoms with E-state index in [2.05, 4.69) is 25.6 Å². The van der Waals surface area contributed by atoms with E-state index in [9.17, 15) is 18.0 Å². The van der Waals surface area contributed by atoms with Crippen LogP contribution in [0.15, 0.2) is 24.5 Å². The largest absolute Gasteiger partial charge is 0.417 e. The molecule has 130 valence electrons. The van der Waals surface area contributed by atoms with Gasteiger partial charge in [0.1, 0.15) is 5.01 Å². The minimum Gasteiger partial charge on any atom is -0.296 e. The average molecular weight is 368 g/mol. The Kier molecular flexibility index (Phi) is 4.25. The first-order valence-corrected chi connectivity index (χ1v) is 7.77. The van der Waals surface area contributed by atoms with Gasteiger partial charge in [0.15, 0.2) is 5.82 Å². The minimum absolute atomic E-state index is 0.177. The molecule has 3 rings (SSSR count). The van der Waals surface area contributed by atoms with Crippen LogP contribution in [0.4, 0.5) is 18.3 Å². The molecule has 3 aromatic rings. The molecule has 0 aliphatic heterocycles. The average Bonchev–Trinajstić information content (AvgIpc) is 3.12. The molecule has 1 amide bonds. The van der Waals surface area contributed by atoms with E-state index in [1.165, 1.54) is 28.3 Å². The molecule has 0 aromatic carbocycles. The fourth-order valence-electron chi connectivity index (χ4n) is 2.05. The summed E-state index contributed by atoms with van der Waals surface area (Å²) in [7, 11) is 0. The number of aryl methyl sites for hydroxylation is 1. The summed E-state index contributed by atoms with van der Waals surface area (Å²) in [5.41, 5.74) is -0.161. The van der Waals surface area contributed by atoms with Gasteiger partial charge in [-0.2, -0.15) is 18.3 Å². The van der Waals surface area contributed by atoms with Gasteiger partial charge in [0.25, 0.3) is 5.91 Å². The van der Waals surface area contributed by atoms with Gasteiger partial charge < -0.3 is 0 Å². The van der Waals surface area contributed by atoms with Crippen molar-refractivity contribution in [2.24, 2.45) is 0 Å². The number of carbonyl (C=O) groups is 1. The van der Waals surface area contributed by atoms with E-state index < -0.39 is 17.6 Å². The van der Waals surface area contributed by atoms with Gasteiger partial charge in [0.2, 0.25) is 5.13 Å². The zero-order valence-corrected chi connectivity index (χ0v) is 13.8. The van der Waals surface area contributed by atoms with Gasteiger partial charge in [-0.25, -0.2) is 9.67 Å². The summed E-state index contributed by atoms with van der Waals surface area (Å²) < 4.78 is 39.1. The second-order valence-electron chi connectivity index (χ2n) is 5.04. The van der Waals surface area contributed by atoms with Crippen molar-refractivity contribution in [1.82, 2.24) is 25.0 Å². The van der Waals surface area contributed by atoms with Crippen LogP contribution in [0.2, 0.25) is 0 Å². The van der Waals surface area contributed by atoms with E-state index >= 15 is 0 Å². The van der Waals surface area contributed by atoms with Gasteiger partial charge in [-0.15, -0.1) is 10.2 Å². The second-order valence-corrected chi connectivity index (χ2v) is 6.22. The van der Waals surface area contributed by atoms with E-state index in [4.69, 9.17) is 0 Å². The van der Waals surface area contributed by atoms with Crippen LogP contribution in [0.1, 0.15) is 26.6 Å². The molecule has 0 unspecified atom stereocenters. The van der Waals surface area contributed by atoms with E-state index in [1.807, 2.05) is 0 Å². The standard InChI is InChI=1S/C14H11F3N6OS/c1-7-10(12(24)20-13-22-21-8(2)25-13)6-19-23(7)11-4-3-9(5-18-11)14(15,16)17/h3-6H,1-2H3,(H,20,22,24). The van der Waals surface area contributed by atoms with Crippen LogP contribution in [-0.4, -0.2) is 30.9 Å². The number of anilines is 1. The first-order valence-electron chi connectivity index (χ1n) is 6.95. The summed E-state index contributed by atoms with van der Waals surface area (Å²) in [6, 6.07) is 2.10. The molecule has 11 heteroatoms. The maximum atomic E-state index is 12.6. The lowest BCUT2D eigenvalue weighted by atomic mass is 10.2. The summed E-state index contributed by atoms with van der Waals surface area (Å²) in [5, 5.41) is 15.3. The molecule has 0 aliphatic carbocycles. The van der Waals surface area contributed by atoms with Gasteiger partial charge >= 0.3 is 6.18 Å². The Labute approximate surface area is 143 Å². The van der Waals surface area contributed by atoms with Crippen molar-refractivity contribution >= 4 is 22.4 Å². The highest BCUT2D eigenvalue weighted by atomic mass is 32.1. The fraction of sp³-hybridized carbons (Fsp3) is 0.214. The summed E-state index contributed by atoms with van der Waals surface area (Å²) in [6.45, 7) is 3.37. The number of amides is 1. The quantitative estimate of drug-likeness (QED) is 0.768. The van der Waals surface area contributed by atoms with E-state index in [-0.39, 0.29) is 11.4 Å². The van der Waals surface area contributed by atoms with Crippen LogP contribution in [0, 0.1) is 13.8 Å². The van der Waals surface area contributed by atoms with Crippen molar-refractivity contribution in [2.45, 2.75) is 20.0 Å². The molecule has 0 saturated heterocycles. The lowest BCUT2D eigenvalue weighted by Crippen LogP contribution is -2.13. The first-order chi connectivity index (χ1) is 11.8. The molecule has 1 N–H and O–H groups in total. The van der Waals surface area contributed by atoms with Gasteiger partial charge in [-0.1, -0.05) is 11.3 Å². The second kappa shape index (κ2) is 6.24. The number of carbonyl (C=O) groups excluding carboxylic acids is 1. The highest BCUT2D eigenvalue weighted by Crippen LogP contribution is 2.28. The van der Waals surface area contributed by atoms with Crippen molar-refractivity contribution in [3.63, 3.8) is 0 Å². The number of hydrogen-bond acceptors (Lipinski definition) is 6. The Hall–Kier alpha value is -2.82. The maximum Gasteiger partial charge on any atom is 0.417 e. The lowest BCUT2D eigenvalue weighted by molar-refractivity contribution is -0.137. The van der Waals surface area contributed by atoms with Gasteiger partial charge in [-0.3, -0.25) is 10.1 Å². The monoisotopic (exact) mass is 368 g/mol. The Balaban J connectivity index is 1.84. The minimum atomic E-state index is -4.46. The molecule has 0 aliphatic rings. The maximum absolute atomic E-state index is 12.6. The smallest absolute Gasteiger partial charge is 0.296 e. The highest BCUT2D eigenvalue weighted by molar-refractivity contribution is 7.15. The number of hydrogen-bond donors (Lipinski definition) is 1. The van der Waals surface area contributed by atoms with Crippen molar-refractivity contribution < 1.29 is 18.0 Å². The molecule has 25 heavy (non-hydrogen) atoms. The number of halogens is 3. The molecule has 3 aromatic heterocycles. The first kappa shape index (κ1) is 17.0. The Morgan fingerprint density at radius 1 is 1.20 bits per heavy atom. The van der Waals surface area contributed by atoms with Crippen molar-refractivity contribution in [1.29, 1.82) is 0 Å². The summed E-state index contributed by atoms with van der Waals surface area (Å²) in [5.74, 6) is -0.261. The zero-order chi connectivity index (χ0) is 18.2. The molecular formula is C14H11F3N6OS. The number of rotatable bonds is 3. The van der Waals surface area contributed by atoms with Crippen molar-refractivity contribution in [3.8, 4) is 5.82 Å². The topological polar surface area (TPSA) is 85.6 Å². The summed E-state index contributed by atoms with van der Waals surface area (Å²) >= 11 is 1.22. The molecule has 0 atom stereocenters. The molecule has 3 heterocycles. The SMILES string of the molecule is Cc1nnc(NC(=O)c2cnn(-c3ccc(C(F)(F)F)cn3)c2C)s1. The van der Waals surface area contributed by atoms with Crippen LogP contribution in [0.25, 0.3) is 5.82 Å². The summed E-state index contributed by atoms with van der Waals surface area (Å²) in [6.07, 6.45) is -2.42. The van der Waals surface area contributed by atoms with Crippen LogP contribution >= 0.6 is 11.3 Å². The predicted octanol–water partition coefficient (Wildman–Crippen LogP) is 3.01. The van der Waals surface area contributed by atoms with E-state index in [0.717, 1.165) is 12.3 Å². The number of nitrogens with one attached hydrogen (secondary N) is 1. The Bertz CT molecular complexity index is 916. The van der Waals surface area contributed by atoms with Crippen LogP contribution in [0.5, 0.6) is 0 Å². The Morgan fingerprint density at radius 2 is 1.96 bits per heavy atom. The van der Waals surface area contributed by atoms with Crippen LogP contribution in [-0.2, 0) is 6.18 Å². The van der Waals surface area contributed by atoms with Crippen LogP contribution < -0.4 is 5.32 Å². The third kappa shape index (κ3) is 3.50. The number of pyridine rings is 1. The molecule has 0 bridgehead atoms. The van der Waals surface area contributed by atoms with E-state index in [0.29, 0.717) is 15.8 Å². The zero-order valence-electron chi connectivity index (χ0n) is 13.0. The fourth-order valence-corrected chi connectivity index (χ4v) is 2.64. The normalized spacial score (nSPS) is 11.6. The molecule has 0 spiro atoms. The lowest BCUT2D eigenvalue weighted by Gasteiger charge is -2.08. The van der Waals surface area contributed by atoms with Gasteiger partial charge in [0, 0.05) is 6.20 Å². The molecule has 0 fully saturated rings. The predicted molar refractivity (Wildman–Crippen MR) is 83.7 cm³/mol. The molecule has 7 nitrogen and oxygen atoms in total. The van der Waals surface area contributed by atoms with E-state index in [1.54, 1.807) is 13.8 Å². The van der Waals surface area contributed by atoms with Gasteiger partial charge in [-0.05, 0) is 26.0 Å². The third-order valence-corrected chi connectivity index (χ3v) is 4.05. The highest BCUT2D eigenvalue weighted by Gasteiger charge is 2.30. The van der Waals surface area contributed by atoms with Gasteiger partial charge in [0.05, 0.1) is 23.0 Å². The number of nitrogens with zero attached hydrogens (tertiary/aromatic N) is 5. The molecule has 0 saturated carbocycles. The van der Waals surface area contributed by atoms with Crippen molar-refractivity contribution in [3.05, 3.63) is 46.4 Å². The van der Waals surface area contributed by atoms with Crippen molar-refractivity contribution in [2.75, 3.05) is 5.32 Å². The number of alkyl halides is 3. The molecular weight excluding hydrogens is 357 g/mol. The van der Waals surface area contributed by atoms with Crippen LogP contribution in [0.3, 0.4) is 0 Å². The Morgan fingerprint density at radius 3 is 2.52 bits per heavy atom. The third-order valence-electron chi connectivity index (χ3n) is 3.29.